The molecule has 0 aromatic carbocycles. The van der Waals surface area contributed by atoms with Crippen LogP contribution in [0.4, 0.5) is 0 Å². The first-order chi connectivity index (χ1) is 7.16. The Kier molecular flexibility index (Phi) is 3.42. The minimum atomic E-state index is 0.119. The maximum atomic E-state index is 11.3. The van der Waals surface area contributed by atoms with Crippen molar-refractivity contribution in [3.05, 3.63) is 0 Å². The van der Waals surface area contributed by atoms with E-state index < -0.39 is 0 Å². The van der Waals surface area contributed by atoms with Gasteiger partial charge in [-0.2, -0.15) is 0 Å². The van der Waals surface area contributed by atoms with Crippen LogP contribution in [0.15, 0.2) is 0 Å². The Morgan fingerprint density at radius 1 is 1.27 bits per heavy atom. The molecule has 1 heterocycles. The zero-order chi connectivity index (χ0) is 10.8. The van der Waals surface area contributed by atoms with E-state index in [0.717, 1.165) is 32.1 Å². The second-order valence-electron chi connectivity index (χ2n) is 5.07. The fourth-order valence-corrected chi connectivity index (χ4v) is 2.26. The molecular formula is C12H22N2O. The first-order valence-electron chi connectivity index (χ1n) is 6.13. The molecule has 1 atom stereocenters. The molecule has 15 heavy (non-hydrogen) atoms. The predicted octanol–water partition coefficient (Wildman–Crippen LogP) is 0.991. The van der Waals surface area contributed by atoms with E-state index in [1.807, 2.05) is 6.92 Å². The van der Waals surface area contributed by atoms with Crippen LogP contribution in [0.2, 0.25) is 0 Å². The molecule has 2 aliphatic rings. The molecule has 1 saturated heterocycles. The number of carbonyl (C=O) groups excluding carboxylic acids is 1. The molecule has 2 rings (SSSR count). The van der Waals surface area contributed by atoms with Crippen molar-refractivity contribution in [1.82, 2.24) is 9.80 Å². The summed E-state index contributed by atoms with van der Waals surface area (Å²) in [7, 11) is 0. The summed E-state index contributed by atoms with van der Waals surface area (Å²) in [5.74, 6) is 1.28. The van der Waals surface area contributed by atoms with E-state index in [1.165, 1.54) is 19.4 Å². The Morgan fingerprint density at radius 3 is 2.33 bits per heavy atom. The quantitative estimate of drug-likeness (QED) is 0.691. The van der Waals surface area contributed by atoms with Crippen molar-refractivity contribution in [3.63, 3.8) is 0 Å². The van der Waals surface area contributed by atoms with E-state index in [-0.39, 0.29) is 6.04 Å². The van der Waals surface area contributed by atoms with Crippen LogP contribution < -0.4 is 0 Å². The molecule has 1 saturated carbocycles. The Morgan fingerprint density at radius 2 is 1.87 bits per heavy atom. The van der Waals surface area contributed by atoms with Crippen molar-refractivity contribution in [2.24, 2.45) is 5.92 Å². The molecule has 0 N–H and O–H groups in total. The summed E-state index contributed by atoms with van der Waals surface area (Å²) >= 11 is 0. The lowest BCUT2D eigenvalue weighted by Gasteiger charge is -2.37. The van der Waals surface area contributed by atoms with Crippen molar-refractivity contribution < 1.29 is 4.79 Å². The van der Waals surface area contributed by atoms with E-state index in [9.17, 15) is 4.79 Å². The van der Waals surface area contributed by atoms with Crippen molar-refractivity contribution in [2.45, 2.75) is 32.7 Å². The average molecular weight is 210 g/mol. The van der Waals surface area contributed by atoms with Gasteiger partial charge in [-0.05, 0) is 32.6 Å². The van der Waals surface area contributed by atoms with Gasteiger partial charge in [-0.15, -0.1) is 0 Å². The van der Waals surface area contributed by atoms with Crippen molar-refractivity contribution in [3.8, 4) is 0 Å². The van der Waals surface area contributed by atoms with Gasteiger partial charge in [0.15, 0.2) is 0 Å². The number of rotatable bonds is 4. The lowest BCUT2D eigenvalue weighted by atomic mass is 10.1. The molecular weight excluding hydrogens is 188 g/mol. The summed E-state index contributed by atoms with van der Waals surface area (Å²) in [5.41, 5.74) is 0. The van der Waals surface area contributed by atoms with Gasteiger partial charge in [0, 0.05) is 32.7 Å². The standard InChI is InChI=1S/C12H22N2O/c1-10(11(2)15)14-7-5-13(6-8-14)9-12-3-4-12/h10,12H,3-9H2,1-2H3. The lowest BCUT2D eigenvalue weighted by molar-refractivity contribution is -0.122. The number of Topliss-reactive ketones (excluding diaryl/α,β-unsaturated/α-hetero) is 1. The molecule has 0 aromatic rings. The lowest BCUT2D eigenvalue weighted by Crippen LogP contribution is -2.51. The fraction of sp³-hybridized carbons (Fsp3) is 0.917. The number of hydrogen-bond donors (Lipinski definition) is 0. The van der Waals surface area contributed by atoms with E-state index in [0.29, 0.717) is 5.78 Å². The number of piperazine rings is 1. The zero-order valence-corrected chi connectivity index (χ0v) is 9.91. The molecule has 1 aliphatic heterocycles. The minimum absolute atomic E-state index is 0.119. The highest BCUT2D eigenvalue weighted by Gasteiger charge is 2.28. The average Bonchev–Trinajstić information content (AvgIpc) is 3.02. The monoisotopic (exact) mass is 210 g/mol. The Bertz CT molecular complexity index is 230. The second-order valence-corrected chi connectivity index (χ2v) is 5.07. The molecule has 86 valence electrons. The van der Waals surface area contributed by atoms with Gasteiger partial charge >= 0.3 is 0 Å². The van der Waals surface area contributed by atoms with Crippen LogP contribution in [-0.2, 0) is 4.79 Å². The summed E-state index contributed by atoms with van der Waals surface area (Å²) < 4.78 is 0. The number of nitrogens with zero attached hydrogens (tertiary/aromatic N) is 2. The van der Waals surface area contributed by atoms with Crippen LogP contribution in [-0.4, -0.2) is 54.3 Å². The highest BCUT2D eigenvalue weighted by molar-refractivity contribution is 5.80. The Hall–Kier alpha value is -0.410. The van der Waals surface area contributed by atoms with Gasteiger partial charge < -0.3 is 4.90 Å². The van der Waals surface area contributed by atoms with Crippen LogP contribution in [0.3, 0.4) is 0 Å². The van der Waals surface area contributed by atoms with Gasteiger partial charge in [-0.25, -0.2) is 0 Å². The van der Waals surface area contributed by atoms with E-state index >= 15 is 0 Å². The highest BCUT2D eigenvalue weighted by atomic mass is 16.1. The number of hydrogen-bond acceptors (Lipinski definition) is 3. The van der Waals surface area contributed by atoms with Crippen LogP contribution in [0.25, 0.3) is 0 Å². The Labute approximate surface area is 92.4 Å². The zero-order valence-electron chi connectivity index (χ0n) is 9.91. The Balaban J connectivity index is 1.73. The second kappa shape index (κ2) is 4.62. The molecule has 3 heteroatoms. The molecule has 1 aliphatic carbocycles. The maximum Gasteiger partial charge on any atom is 0.146 e. The van der Waals surface area contributed by atoms with Gasteiger partial charge in [0.1, 0.15) is 5.78 Å². The third-order valence-corrected chi connectivity index (χ3v) is 3.76. The summed E-state index contributed by atoms with van der Waals surface area (Å²) in [6.45, 7) is 9.44. The van der Waals surface area contributed by atoms with Crippen LogP contribution >= 0.6 is 0 Å². The fourth-order valence-electron chi connectivity index (χ4n) is 2.26. The topological polar surface area (TPSA) is 23.6 Å². The number of ketones is 1. The largest absolute Gasteiger partial charge is 0.301 e. The molecule has 0 radical (unpaired) electrons. The third kappa shape index (κ3) is 3.02. The van der Waals surface area contributed by atoms with E-state index in [1.54, 1.807) is 6.92 Å². The molecule has 0 bridgehead atoms. The van der Waals surface area contributed by atoms with Crippen LogP contribution in [0.1, 0.15) is 26.7 Å². The van der Waals surface area contributed by atoms with Gasteiger partial charge in [0.05, 0.1) is 6.04 Å². The third-order valence-electron chi connectivity index (χ3n) is 3.76. The smallest absolute Gasteiger partial charge is 0.146 e. The normalized spacial score (nSPS) is 26.5. The SMILES string of the molecule is CC(=O)C(C)N1CCN(CC2CC2)CC1. The van der Waals surface area contributed by atoms with Gasteiger partial charge in [-0.1, -0.05) is 0 Å². The summed E-state index contributed by atoms with van der Waals surface area (Å²) in [6.07, 6.45) is 2.87. The van der Waals surface area contributed by atoms with Crippen molar-refractivity contribution in [2.75, 3.05) is 32.7 Å². The summed E-state index contributed by atoms with van der Waals surface area (Å²) in [6, 6.07) is 0.119. The molecule has 0 spiro atoms. The highest BCUT2D eigenvalue weighted by Crippen LogP contribution is 2.29. The first kappa shape index (κ1) is 11.1. The maximum absolute atomic E-state index is 11.3. The van der Waals surface area contributed by atoms with Gasteiger partial charge in [0.25, 0.3) is 0 Å². The predicted molar refractivity (Wildman–Crippen MR) is 60.9 cm³/mol. The van der Waals surface area contributed by atoms with E-state index in [4.69, 9.17) is 0 Å². The minimum Gasteiger partial charge on any atom is -0.301 e. The van der Waals surface area contributed by atoms with Gasteiger partial charge in [-0.3, -0.25) is 9.69 Å². The molecule has 0 aromatic heterocycles. The molecule has 3 nitrogen and oxygen atoms in total. The number of carbonyl (C=O) groups is 1. The van der Waals surface area contributed by atoms with Crippen LogP contribution in [0.5, 0.6) is 0 Å². The first-order valence-corrected chi connectivity index (χ1v) is 6.13. The van der Waals surface area contributed by atoms with Crippen molar-refractivity contribution >= 4 is 5.78 Å². The van der Waals surface area contributed by atoms with Crippen molar-refractivity contribution in [1.29, 1.82) is 0 Å². The molecule has 2 fully saturated rings. The summed E-state index contributed by atoms with van der Waals surface area (Å²) in [4.78, 5) is 16.1. The summed E-state index contributed by atoms with van der Waals surface area (Å²) in [5, 5.41) is 0. The van der Waals surface area contributed by atoms with E-state index in [2.05, 4.69) is 9.80 Å². The van der Waals surface area contributed by atoms with Crippen LogP contribution in [0, 0.1) is 5.92 Å². The molecule has 1 unspecified atom stereocenters. The van der Waals surface area contributed by atoms with Gasteiger partial charge in [0.2, 0.25) is 0 Å². The molecule has 0 amide bonds.